The molecule has 0 saturated heterocycles. The van der Waals surface area contributed by atoms with Crippen LogP contribution in [0.4, 0.5) is 5.82 Å². The fraction of sp³-hybridized carbons (Fsp3) is 0.250. The predicted octanol–water partition coefficient (Wildman–Crippen LogP) is 3.52. The van der Waals surface area contributed by atoms with E-state index in [0.29, 0.717) is 22.2 Å². The van der Waals surface area contributed by atoms with E-state index in [1.165, 1.54) is 0 Å². The summed E-state index contributed by atoms with van der Waals surface area (Å²) >= 11 is 7.78. The fourth-order valence-electron chi connectivity index (χ4n) is 1.89. The molecule has 116 valence electrons. The van der Waals surface area contributed by atoms with E-state index in [4.69, 9.17) is 16.7 Å². The maximum absolute atomic E-state index is 12.3. The third-order valence-electron chi connectivity index (χ3n) is 3.01. The molecule has 0 radical (unpaired) electrons. The van der Waals surface area contributed by atoms with Gasteiger partial charge in [0, 0.05) is 17.7 Å². The standard InChI is InChI=1S/C16H17ClN2O2S/c1-11-3-2-4-13(15(11)17)16(21)19-14-9-12(5-6-18-14)10-22-8-7-20/h2-6,9,20H,7-8,10H2,1H3,(H,18,19,21). The zero-order valence-electron chi connectivity index (χ0n) is 12.2. The van der Waals surface area contributed by atoms with Gasteiger partial charge < -0.3 is 10.4 Å². The van der Waals surface area contributed by atoms with Crippen LogP contribution in [0.3, 0.4) is 0 Å². The van der Waals surface area contributed by atoms with Gasteiger partial charge in [0.25, 0.3) is 5.91 Å². The lowest BCUT2D eigenvalue weighted by Gasteiger charge is -2.09. The fourth-order valence-corrected chi connectivity index (χ4v) is 2.79. The summed E-state index contributed by atoms with van der Waals surface area (Å²) in [6.07, 6.45) is 1.66. The van der Waals surface area contributed by atoms with Crippen molar-refractivity contribution in [2.45, 2.75) is 12.7 Å². The number of nitrogens with zero attached hydrogens (tertiary/aromatic N) is 1. The summed E-state index contributed by atoms with van der Waals surface area (Å²) < 4.78 is 0. The zero-order chi connectivity index (χ0) is 15.9. The first-order valence-corrected chi connectivity index (χ1v) is 8.35. The van der Waals surface area contributed by atoms with Gasteiger partial charge >= 0.3 is 0 Å². The molecule has 0 bridgehead atoms. The van der Waals surface area contributed by atoms with Crippen LogP contribution in [0.25, 0.3) is 0 Å². The molecule has 6 heteroatoms. The lowest BCUT2D eigenvalue weighted by molar-refractivity contribution is 0.102. The van der Waals surface area contributed by atoms with Gasteiger partial charge in [-0.25, -0.2) is 4.98 Å². The molecule has 0 aliphatic heterocycles. The summed E-state index contributed by atoms with van der Waals surface area (Å²) in [5, 5.41) is 12.0. The van der Waals surface area contributed by atoms with E-state index in [-0.39, 0.29) is 12.5 Å². The first kappa shape index (κ1) is 16.8. The number of pyridine rings is 1. The monoisotopic (exact) mass is 336 g/mol. The molecule has 0 aliphatic carbocycles. The average molecular weight is 337 g/mol. The number of anilines is 1. The predicted molar refractivity (Wildman–Crippen MR) is 91.6 cm³/mol. The Morgan fingerprint density at radius 2 is 2.23 bits per heavy atom. The number of carbonyl (C=O) groups excluding carboxylic acids is 1. The highest BCUT2D eigenvalue weighted by Crippen LogP contribution is 2.21. The Morgan fingerprint density at radius 1 is 1.41 bits per heavy atom. The summed E-state index contributed by atoms with van der Waals surface area (Å²) in [6, 6.07) is 9.05. The first-order valence-electron chi connectivity index (χ1n) is 6.82. The zero-order valence-corrected chi connectivity index (χ0v) is 13.7. The van der Waals surface area contributed by atoms with E-state index < -0.39 is 0 Å². The molecule has 0 spiro atoms. The van der Waals surface area contributed by atoms with Crippen molar-refractivity contribution < 1.29 is 9.90 Å². The maximum atomic E-state index is 12.3. The van der Waals surface area contributed by atoms with Crippen molar-refractivity contribution >= 4 is 35.1 Å². The van der Waals surface area contributed by atoms with Crippen molar-refractivity contribution in [3.63, 3.8) is 0 Å². The number of aromatic nitrogens is 1. The Morgan fingerprint density at radius 3 is 3.00 bits per heavy atom. The van der Waals surface area contributed by atoms with Gasteiger partial charge in [0.05, 0.1) is 17.2 Å². The summed E-state index contributed by atoms with van der Waals surface area (Å²) in [5.41, 5.74) is 2.33. The van der Waals surface area contributed by atoms with Gasteiger partial charge in [-0.05, 0) is 36.2 Å². The minimum Gasteiger partial charge on any atom is -0.396 e. The number of amides is 1. The highest BCUT2D eigenvalue weighted by Gasteiger charge is 2.12. The SMILES string of the molecule is Cc1cccc(C(=O)Nc2cc(CSCCO)ccn2)c1Cl. The van der Waals surface area contributed by atoms with E-state index in [0.717, 1.165) is 16.9 Å². The molecule has 1 aromatic heterocycles. The lowest BCUT2D eigenvalue weighted by Crippen LogP contribution is -2.14. The third-order valence-corrected chi connectivity index (χ3v) is 4.52. The topological polar surface area (TPSA) is 62.2 Å². The number of hydrogen-bond donors (Lipinski definition) is 2. The highest BCUT2D eigenvalue weighted by atomic mass is 35.5. The summed E-state index contributed by atoms with van der Waals surface area (Å²) in [4.78, 5) is 16.4. The number of nitrogens with one attached hydrogen (secondary N) is 1. The Hall–Kier alpha value is -1.56. The molecule has 0 atom stereocenters. The second kappa shape index (κ2) is 8.17. The van der Waals surface area contributed by atoms with Crippen LogP contribution in [0.5, 0.6) is 0 Å². The number of halogens is 1. The van der Waals surface area contributed by atoms with Crippen LogP contribution >= 0.6 is 23.4 Å². The van der Waals surface area contributed by atoms with Gasteiger partial charge in [0.15, 0.2) is 0 Å². The van der Waals surface area contributed by atoms with Crippen molar-refractivity contribution in [1.82, 2.24) is 4.98 Å². The van der Waals surface area contributed by atoms with Gasteiger partial charge in [-0.3, -0.25) is 4.79 Å². The van der Waals surface area contributed by atoms with E-state index in [2.05, 4.69) is 10.3 Å². The Kier molecular flexibility index (Phi) is 6.24. The molecule has 4 nitrogen and oxygen atoms in total. The molecule has 0 fully saturated rings. The minimum atomic E-state index is -0.277. The maximum Gasteiger partial charge on any atom is 0.258 e. The van der Waals surface area contributed by atoms with Gasteiger partial charge in [-0.1, -0.05) is 23.7 Å². The number of hydrogen-bond acceptors (Lipinski definition) is 4. The van der Waals surface area contributed by atoms with Crippen LogP contribution in [-0.4, -0.2) is 28.4 Å². The molecule has 2 aromatic rings. The number of carbonyl (C=O) groups is 1. The van der Waals surface area contributed by atoms with E-state index >= 15 is 0 Å². The highest BCUT2D eigenvalue weighted by molar-refractivity contribution is 7.98. The number of aliphatic hydroxyl groups excluding tert-OH is 1. The van der Waals surface area contributed by atoms with Crippen LogP contribution in [0.15, 0.2) is 36.5 Å². The Balaban J connectivity index is 2.08. The van der Waals surface area contributed by atoms with Crippen molar-refractivity contribution in [3.05, 3.63) is 58.2 Å². The Bertz CT molecular complexity index is 664. The quantitative estimate of drug-likeness (QED) is 0.792. The molecule has 2 rings (SSSR count). The molecule has 0 aliphatic rings. The molecule has 22 heavy (non-hydrogen) atoms. The smallest absolute Gasteiger partial charge is 0.258 e. The number of aliphatic hydroxyl groups is 1. The number of rotatable bonds is 6. The van der Waals surface area contributed by atoms with E-state index in [9.17, 15) is 4.79 Å². The molecule has 1 aromatic carbocycles. The van der Waals surface area contributed by atoms with Crippen molar-refractivity contribution in [2.75, 3.05) is 17.7 Å². The minimum absolute atomic E-state index is 0.158. The van der Waals surface area contributed by atoms with Crippen LogP contribution in [0.2, 0.25) is 5.02 Å². The van der Waals surface area contributed by atoms with Crippen LogP contribution in [0, 0.1) is 6.92 Å². The summed E-state index contributed by atoms with van der Waals surface area (Å²) in [5.74, 6) is 1.66. The van der Waals surface area contributed by atoms with Crippen LogP contribution in [0.1, 0.15) is 21.5 Å². The third kappa shape index (κ3) is 4.47. The van der Waals surface area contributed by atoms with Gasteiger partial charge in [-0.15, -0.1) is 0 Å². The average Bonchev–Trinajstić information content (AvgIpc) is 2.50. The second-order valence-corrected chi connectivity index (χ2v) is 6.20. The molecular weight excluding hydrogens is 320 g/mol. The molecule has 2 N–H and O–H groups in total. The van der Waals surface area contributed by atoms with Crippen molar-refractivity contribution in [1.29, 1.82) is 0 Å². The molecule has 1 amide bonds. The normalized spacial score (nSPS) is 10.5. The summed E-state index contributed by atoms with van der Waals surface area (Å²) in [6.45, 7) is 2.02. The summed E-state index contributed by atoms with van der Waals surface area (Å²) in [7, 11) is 0. The van der Waals surface area contributed by atoms with E-state index in [1.54, 1.807) is 30.1 Å². The molecule has 0 saturated carbocycles. The van der Waals surface area contributed by atoms with Crippen molar-refractivity contribution in [2.24, 2.45) is 0 Å². The molecular formula is C16H17ClN2O2S. The van der Waals surface area contributed by atoms with Crippen LogP contribution < -0.4 is 5.32 Å². The van der Waals surface area contributed by atoms with Crippen LogP contribution in [-0.2, 0) is 5.75 Å². The van der Waals surface area contributed by atoms with Gasteiger partial charge in [-0.2, -0.15) is 11.8 Å². The second-order valence-electron chi connectivity index (χ2n) is 4.72. The Labute approximate surface area is 138 Å². The first-order chi connectivity index (χ1) is 10.6. The molecule has 0 unspecified atom stereocenters. The molecule has 1 heterocycles. The largest absolute Gasteiger partial charge is 0.396 e. The van der Waals surface area contributed by atoms with Crippen molar-refractivity contribution in [3.8, 4) is 0 Å². The number of thioether (sulfide) groups is 1. The van der Waals surface area contributed by atoms with Gasteiger partial charge in [0.1, 0.15) is 5.82 Å². The lowest BCUT2D eigenvalue weighted by atomic mass is 10.1. The van der Waals surface area contributed by atoms with E-state index in [1.807, 2.05) is 25.1 Å². The number of benzene rings is 1. The number of aryl methyl sites for hydroxylation is 1. The van der Waals surface area contributed by atoms with Gasteiger partial charge in [0.2, 0.25) is 0 Å².